The summed E-state index contributed by atoms with van der Waals surface area (Å²) in [5, 5.41) is 33.8. The Balaban J connectivity index is 1.37. The van der Waals surface area contributed by atoms with E-state index in [1.165, 1.54) is 31.6 Å². The first-order valence-electron chi connectivity index (χ1n) is 28.6. The van der Waals surface area contributed by atoms with Gasteiger partial charge in [0.05, 0.1) is 19.3 Å². The Morgan fingerprint density at radius 1 is 0.602 bits per heavy atom. The van der Waals surface area contributed by atoms with Crippen LogP contribution in [0.5, 0.6) is 0 Å². The van der Waals surface area contributed by atoms with Crippen molar-refractivity contribution >= 4 is 81.9 Å². The van der Waals surface area contributed by atoms with Crippen LogP contribution in [0.1, 0.15) is 98.8 Å². The summed E-state index contributed by atoms with van der Waals surface area (Å²) in [4.78, 5) is 162. The number of carbonyl (C=O) groups excluding carboxylic acids is 10. The molecule has 18 N–H and O–H groups in total. The molecule has 5 aromatic rings. The van der Waals surface area contributed by atoms with E-state index in [-0.39, 0.29) is 69.6 Å². The highest BCUT2D eigenvalue weighted by atomic mass is 18.2. The molecule has 3 aromatic carbocycles. The van der Waals surface area contributed by atoms with Crippen LogP contribution < -0.4 is 65.1 Å². The standard InChI is InChI=1S/C59H77FN16O12/c1-3-4-16-43(70-34(2)77)54(84)76-48(29-50(79)80)58(88)75-47(28-39-31-64-33-69-39)57(87)73-45(26-35-13-6-5-7-14-35)56(86)72-44(19-12-25-66-59(62)63)55(85)74-46(27-37-30-67-41-17-9-8-15-40(37)41)53(83)68-32-49(78)71-42(51(61)81)18-10-11-24-65-52(82)36-20-22-38(60)23-21-36/h5-9,13-15,17,20-23,30-31,33,42-48,67H,3-4,10-12,16,18-19,24-29,32H2,1-2H3,(H2,61,81)(H,64,69)(H,65,82)(H,68,83)(H,70,77)(H,71,78)(H,72,86)(H,73,87)(H,74,85)(H,75,88)(H,76,84)(H,79,80)(H4,62,63,66)/t42-,43+,44+,45+,46+,47-,48+/m1/s1/i60-1. The number of carbonyl (C=O) groups is 11. The van der Waals surface area contributed by atoms with Crippen LogP contribution in [0.2, 0.25) is 0 Å². The van der Waals surface area contributed by atoms with Gasteiger partial charge in [0.15, 0.2) is 5.96 Å². The monoisotopic (exact) mass is 1220 g/mol. The fraction of sp³-hybridized carbons (Fsp3) is 0.407. The molecule has 28 nitrogen and oxygen atoms in total. The van der Waals surface area contributed by atoms with Gasteiger partial charge in [0.2, 0.25) is 53.2 Å². The van der Waals surface area contributed by atoms with E-state index in [0.717, 1.165) is 12.1 Å². The van der Waals surface area contributed by atoms with Crippen molar-refractivity contribution in [1.82, 2.24) is 62.8 Å². The second-order valence-electron chi connectivity index (χ2n) is 20.8. The van der Waals surface area contributed by atoms with Gasteiger partial charge < -0.3 is 80.1 Å². The molecule has 10 amide bonds. The van der Waals surface area contributed by atoms with E-state index in [4.69, 9.17) is 17.2 Å². The molecular formula is C59H77FN16O12. The highest BCUT2D eigenvalue weighted by Gasteiger charge is 2.35. The summed E-state index contributed by atoms with van der Waals surface area (Å²) < 4.78 is 13.3. The number of halogens is 1. The minimum Gasteiger partial charge on any atom is -0.481 e. The topological polar surface area (TPSA) is 451 Å². The maximum Gasteiger partial charge on any atom is 0.305 e. The lowest BCUT2D eigenvalue weighted by Crippen LogP contribution is -2.60. The first kappa shape index (κ1) is 68.6. The summed E-state index contributed by atoms with van der Waals surface area (Å²) in [5.41, 5.74) is 19.2. The largest absolute Gasteiger partial charge is 0.481 e. The van der Waals surface area contributed by atoms with Crippen LogP contribution in [0.4, 0.5) is 4.39 Å². The lowest BCUT2D eigenvalue weighted by atomic mass is 10.0. The first-order valence-corrected chi connectivity index (χ1v) is 28.6. The second-order valence-corrected chi connectivity index (χ2v) is 20.8. The SMILES string of the molecule is CCCC[C@H](NC(C)=O)C(=O)N[C@@H](CC(=O)O)C(=O)N[C@H](Cc1cnc[nH]1)C(=O)N[C@@H](Cc1ccccc1)C(=O)N[C@@H](CCCN=C(N)N)C(=O)N[C@@H](Cc1c[nH]c2ccccc12)C(=O)NCC(=O)N[C@H](CCCCNC(=O)c1ccc([18F])cc1)C(N)=O. The number of aromatic nitrogens is 3. The van der Waals surface area contributed by atoms with Gasteiger partial charge in [-0.2, -0.15) is 0 Å². The van der Waals surface area contributed by atoms with Gasteiger partial charge in [0.1, 0.15) is 48.1 Å². The Kier molecular flexibility index (Phi) is 27.5. The van der Waals surface area contributed by atoms with Crippen molar-refractivity contribution < 1.29 is 62.2 Å². The molecule has 0 aliphatic carbocycles. The molecule has 0 fully saturated rings. The molecular weight excluding hydrogens is 1140 g/mol. The zero-order valence-corrected chi connectivity index (χ0v) is 48.8. The zero-order chi connectivity index (χ0) is 64.1. The third-order valence-corrected chi connectivity index (χ3v) is 13.8. The van der Waals surface area contributed by atoms with E-state index in [9.17, 15) is 62.2 Å². The van der Waals surface area contributed by atoms with Gasteiger partial charge in [0.25, 0.3) is 5.91 Å². The number of unbranched alkanes of at least 4 members (excludes halogenated alkanes) is 2. The van der Waals surface area contributed by atoms with Crippen LogP contribution >= 0.6 is 0 Å². The molecule has 0 saturated heterocycles. The molecule has 0 unspecified atom stereocenters. The number of para-hydroxylation sites is 1. The van der Waals surface area contributed by atoms with Crippen molar-refractivity contribution in [3.05, 3.63) is 126 Å². The van der Waals surface area contributed by atoms with Crippen LogP contribution in [0.25, 0.3) is 10.9 Å². The second kappa shape index (κ2) is 35.3. The number of hydrogen-bond donors (Lipinski definition) is 15. The van der Waals surface area contributed by atoms with Crippen LogP contribution in [0.3, 0.4) is 0 Å². The maximum atomic E-state index is 14.8. The number of rotatable bonds is 37. The molecule has 2 aromatic heterocycles. The number of H-pyrrole nitrogens is 2. The normalized spacial score (nSPS) is 13.3. The minimum atomic E-state index is -1.75. The van der Waals surface area contributed by atoms with Crippen LogP contribution in [-0.2, 0) is 67.2 Å². The van der Waals surface area contributed by atoms with E-state index in [1.807, 2.05) is 6.92 Å². The Hall–Kier alpha value is -10.2. The van der Waals surface area contributed by atoms with E-state index < -0.39 is 126 Å². The molecule has 7 atom stereocenters. The van der Waals surface area contributed by atoms with Crippen LogP contribution in [-0.4, -0.2) is 153 Å². The molecule has 5 rings (SSSR count). The van der Waals surface area contributed by atoms with Crippen LogP contribution in [0.15, 0.2) is 103 Å². The van der Waals surface area contributed by atoms with Crippen molar-refractivity contribution in [3.8, 4) is 0 Å². The number of nitrogens with zero attached hydrogens (tertiary/aromatic N) is 2. The summed E-state index contributed by atoms with van der Waals surface area (Å²) in [6, 6.07) is 10.6. The number of amides is 10. The first-order chi connectivity index (χ1) is 42.1. The summed E-state index contributed by atoms with van der Waals surface area (Å²) in [6.45, 7) is 2.57. The van der Waals surface area contributed by atoms with Gasteiger partial charge in [-0.1, -0.05) is 68.3 Å². The minimum absolute atomic E-state index is 0.00808. The summed E-state index contributed by atoms with van der Waals surface area (Å²) >= 11 is 0. The molecule has 2 heterocycles. The Labute approximate surface area is 506 Å². The number of aromatic amines is 2. The molecule has 472 valence electrons. The molecule has 0 spiro atoms. The fourth-order valence-electron chi connectivity index (χ4n) is 9.25. The third kappa shape index (κ3) is 23.3. The summed E-state index contributed by atoms with van der Waals surface area (Å²) in [7, 11) is 0. The van der Waals surface area contributed by atoms with Crippen molar-refractivity contribution in [2.75, 3.05) is 19.6 Å². The molecule has 0 saturated carbocycles. The van der Waals surface area contributed by atoms with Gasteiger partial charge in [-0.3, -0.25) is 57.7 Å². The number of carboxylic acid groups (broad SMARTS) is 1. The third-order valence-electron chi connectivity index (χ3n) is 13.8. The highest BCUT2D eigenvalue weighted by molar-refractivity contribution is 5.99. The molecule has 0 aliphatic heterocycles. The predicted molar refractivity (Wildman–Crippen MR) is 320 cm³/mol. The number of nitrogens with one attached hydrogen (secondary N) is 11. The molecule has 0 radical (unpaired) electrons. The average Bonchev–Trinajstić information content (AvgIpc) is 3.07. The number of aliphatic imine (C=N–C) groups is 1. The van der Waals surface area contributed by atoms with Crippen molar-refractivity contribution in [2.45, 2.75) is 133 Å². The lowest BCUT2D eigenvalue weighted by Gasteiger charge is -2.27. The number of aliphatic carboxylic acids is 1. The quantitative estimate of drug-likeness (QED) is 0.0134. The van der Waals surface area contributed by atoms with Crippen molar-refractivity contribution in [2.24, 2.45) is 22.2 Å². The van der Waals surface area contributed by atoms with Gasteiger partial charge >= 0.3 is 5.97 Å². The smallest absolute Gasteiger partial charge is 0.305 e. The Morgan fingerprint density at radius 3 is 1.81 bits per heavy atom. The fourth-order valence-corrected chi connectivity index (χ4v) is 9.25. The van der Waals surface area contributed by atoms with E-state index in [2.05, 4.69) is 67.8 Å². The van der Waals surface area contributed by atoms with Gasteiger partial charge in [0, 0.05) is 73.8 Å². The van der Waals surface area contributed by atoms with Crippen molar-refractivity contribution in [1.29, 1.82) is 0 Å². The zero-order valence-electron chi connectivity index (χ0n) is 48.8. The van der Waals surface area contributed by atoms with Gasteiger partial charge in [-0.05, 0) is 80.0 Å². The molecule has 0 aliphatic rings. The molecule has 29 heteroatoms. The average molecular weight is 1220 g/mol. The number of imidazole rings is 1. The molecule has 88 heavy (non-hydrogen) atoms. The van der Waals surface area contributed by atoms with Crippen LogP contribution in [0, 0.1) is 5.82 Å². The van der Waals surface area contributed by atoms with Crippen molar-refractivity contribution in [3.63, 3.8) is 0 Å². The number of guanidine groups is 1. The predicted octanol–water partition coefficient (Wildman–Crippen LogP) is -0.608. The summed E-state index contributed by atoms with van der Waals surface area (Å²) in [5.74, 6) is -10.4. The maximum absolute atomic E-state index is 14.8. The Morgan fingerprint density at radius 2 is 1.18 bits per heavy atom. The molecule has 0 bridgehead atoms. The number of hydrogen-bond acceptors (Lipinski definition) is 13. The summed E-state index contributed by atoms with van der Waals surface area (Å²) in [6.07, 6.45) is 4.85. The van der Waals surface area contributed by atoms with E-state index in [1.54, 1.807) is 60.8 Å². The van der Waals surface area contributed by atoms with E-state index in [0.29, 0.717) is 53.4 Å². The number of primary amides is 1. The number of carboxylic acids is 1. The number of fused-ring (bicyclic) bond motifs is 1. The van der Waals surface area contributed by atoms with Gasteiger partial charge in [-0.15, -0.1) is 0 Å². The highest BCUT2D eigenvalue weighted by Crippen LogP contribution is 2.20. The number of nitrogens with two attached hydrogens (primary N) is 3. The van der Waals surface area contributed by atoms with Gasteiger partial charge in [-0.25, -0.2) is 9.37 Å². The lowest BCUT2D eigenvalue weighted by molar-refractivity contribution is -0.141. The van der Waals surface area contributed by atoms with E-state index >= 15 is 0 Å². The number of benzene rings is 3. The Bertz CT molecular complexity index is 3210.